The van der Waals surface area contributed by atoms with Gasteiger partial charge in [0.15, 0.2) is 0 Å². The molecule has 1 aliphatic heterocycles. The number of hydrogen-bond acceptors (Lipinski definition) is 4. The van der Waals surface area contributed by atoms with Gasteiger partial charge in [-0.15, -0.1) is 0 Å². The molecule has 2 amide bonds. The Morgan fingerprint density at radius 2 is 1.48 bits per heavy atom. The fraction of sp³-hybridized carbons (Fsp3) is 0.222. The zero-order chi connectivity index (χ0) is 23.5. The molecule has 4 rings (SSSR count). The first-order valence-corrected chi connectivity index (χ1v) is 11.0. The molecule has 1 atom stereocenters. The molecule has 3 aromatic rings. The Morgan fingerprint density at radius 3 is 2.03 bits per heavy atom. The van der Waals surface area contributed by atoms with Crippen molar-refractivity contribution >= 4 is 23.5 Å². The third-order valence-corrected chi connectivity index (χ3v) is 6.15. The molecule has 0 aromatic heterocycles. The van der Waals surface area contributed by atoms with Gasteiger partial charge in [0.05, 0.1) is 22.7 Å². The molecular weight excluding hydrogens is 418 g/mol. The minimum Gasteiger partial charge on any atom is -0.508 e. The Morgan fingerprint density at radius 1 is 0.879 bits per heavy atom. The van der Waals surface area contributed by atoms with Crippen LogP contribution in [0.1, 0.15) is 50.8 Å². The summed E-state index contributed by atoms with van der Waals surface area (Å²) in [7, 11) is 0. The summed E-state index contributed by atoms with van der Waals surface area (Å²) in [6.45, 7) is 1.87. The lowest BCUT2D eigenvalue weighted by atomic mass is 9.95. The minimum atomic E-state index is -0.776. The van der Waals surface area contributed by atoms with E-state index in [9.17, 15) is 24.6 Å². The maximum atomic E-state index is 12.7. The molecule has 0 bridgehead atoms. The number of rotatable bonds is 8. The van der Waals surface area contributed by atoms with Crippen molar-refractivity contribution in [1.29, 1.82) is 0 Å². The summed E-state index contributed by atoms with van der Waals surface area (Å²) in [5.74, 6) is -1.91. The molecule has 0 spiro atoms. The molecule has 1 unspecified atom stereocenters. The molecule has 6 heteroatoms. The van der Waals surface area contributed by atoms with Gasteiger partial charge < -0.3 is 10.2 Å². The Bertz CT molecular complexity index is 1180. The van der Waals surface area contributed by atoms with E-state index in [1.165, 1.54) is 6.07 Å². The van der Waals surface area contributed by atoms with E-state index in [0.717, 1.165) is 21.6 Å². The third kappa shape index (κ3) is 4.51. The normalized spacial score (nSPS) is 13.8. The van der Waals surface area contributed by atoms with Crippen molar-refractivity contribution in [3.8, 4) is 5.75 Å². The predicted octanol–water partition coefficient (Wildman–Crippen LogP) is 4.63. The summed E-state index contributed by atoms with van der Waals surface area (Å²) < 4.78 is 0. The van der Waals surface area contributed by atoms with Crippen LogP contribution in [0.5, 0.6) is 5.75 Å². The number of aliphatic carboxylic acids is 1. The second-order valence-electron chi connectivity index (χ2n) is 8.27. The second kappa shape index (κ2) is 9.28. The van der Waals surface area contributed by atoms with Gasteiger partial charge in [-0.1, -0.05) is 49.4 Å². The van der Waals surface area contributed by atoms with Gasteiger partial charge in [0.2, 0.25) is 0 Å². The first-order valence-electron chi connectivity index (χ1n) is 11.0. The Hall–Kier alpha value is -3.93. The van der Waals surface area contributed by atoms with Gasteiger partial charge in [-0.3, -0.25) is 14.4 Å². The number of amides is 2. The van der Waals surface area contributed by atoms with Gasteiger partial charge in [-0.25, -0.2) is 4.90 Å². The van der Waals surface area contributed by atoms with Crippen LogP contribution in [0.15, 0.2) is 66.7 Å². The SMILES string of the molecule is CCC(Cc1ccc(CCc2ccc(N3C(=O)c4ccccc4C3=O)cc2O)cc1)C(=O)O. The number of carbonyl (C=O) groups is 3. The van der Waals surface area contributed by atoms with E-state index in [1.807, 2.05) is 31.2 Å². The standard InChI is InChI=1S/C27H25NO5/c1-2-19(27(32)33)15-18-9-7-17(8-10-18)11-12-20-13-14-21(16-24(20)29)28-25(30)22-5-3-4-6-23(22)26(28)31/h3-10,13-14,16,19,29H,2,11-12,15H2,1H3,(H,32,33). The van der Waals surface area contributed by atoms with E-state index in [0.29, 0.717) is 42.5 Å². The van der Waals surface area contributed by atoms with Crippen LogP contribution in [-0.2, 0) is 24.1 Å². The zero-order valence-corrected chi connectivity index (χ0v) is 18.3. The van der Waals surface area contributed by atoms with Crippen molar-refractivity contribution in [1.82, 2.24) is 0 Å². The van der Waals surface area contributed by atoms with Crippen LogP contribution in [0.3, 0.4) is 0 Å². The molecule has 33 heavy (non-hydrogen) atoms. The number of aromatic hydroxyl groups is 1. The fourth-order valence-electron chi connectivity index (χ4n) is 4.14. The third-order valence-electron chi connectivity index (χ3n) is 6.15. The van der Waals surface area contributed by atoms with Crippen LogP contribution in [-0.4, -0.2) is 28.0 Å². The van der Waals surface area contributed by atoms with E-state index < -0.39 is 17.8 Å². The molecule has 168 valence electrons. The smallest absolute Gasteiger partial charge is 0.306 e. The first-order chi connectivity index (χ1) is 15.9. The molecule has 3 aromatic carbocycles. The number of hydrogen-bond donors (Lipinski definition) is 2. The predicted molar refractivity (Wildman–Crippen MR) is 125 cm³/mol. The zero-order valence-electron chi connectivity index (χ0n) is 18.3. The largest absolute Gasteiger partial charge is 0.508 e. The Kier molecular flexibility index (Phi) is 6.27. The lowest BCUT2D eigenvalue weighted by Crippen LogP contribution is -2.29. The Balaban J connectivity index is 1.42. The lowest BCUT2D eigenvalue weighted by molar-refractivity contribution is -0.141. The molecule has 0 fully saturated rings. The van der Waals surface area contributed by atoms with Crippen LogP contribution < -0.4 is 4.90 Å². The summed E-state index contributed by atoms with van der Waals surface area (Å²) in [6, 6.07) is 19.4. The van der Waals surface area contributed by atoms with Crippen LogP contribution in [0.2, 0.25) is 0 Å². The van der Waals surface area contributed by atoms with E-state index >= 15 is 0 Å². The van der Waals surface area contributed by atoms with E-state index in [-0.39, 0.29) is 11.7 Å². The number of fused-ring (bicyclic) bond motifs is 1. The van der Waals surface area contributed by atoms with Gasteiger partial charge in [-0.2, -0.15) is 0 Å². The number of carboxylic acid groups (broad SMARTS) is 1. The number of carboxylic acids is 1. The van der Waals surface area contributed by atoms with Crippen LogP contribution in [0.4, 0.5) is 5.69 Å². The Labute approximate surface area is 192 Å². The number of aryl methyl sites for hydroxylation is 2. The van der Waals surface area contributed by atoms with Gasteiger partial charge in [-0.05, 0) is 60.6 Å². The van der Waals surface area contributed by atoms with Crippen molar-refractivity contribution < 1.29 is 24.6 Å². The quantitative estimate of drug-likeness (QED) is 0.495. The number of carbonyl (C=O) groups excluding carboxylic acids is 2. The van der Waals surface area contributed by atoms with Crippen molar-refractivity contribution in [3.63, 3.8) is 0 Å². The van der Waals surface area contributed by atoms with Crippen LogP contribution >= 0.6 is 0 Å². The van der Waals surface area contributed by atoms with Gasteiger partial charge in [0, 0.05) is 6.07 Å². The number of phenolic OH excluding ortho intramolecular Hbond substituents is 1. The van der Waals surface area contributed by atoms with E-state index in [1.54, 1.807) is 36.4 Å². The lowest BCUT2D eigenvalue weighted by Gasteiger charge is -2.15. The van der Waals surface area contributed by atoms with Crippen molar-refractivity contribution in [2.75, 3.05) is 4.90 Å². The highest BCUT2D eigenvalue weighted by molar-refractivity contribution is 6.34. The van der Waals surface area contributed by atoms with Crippen molar-refractivity contribution in [2.45, 2.75) is 32.6 Å². The maximum Gasteiger partial charge on any atom is 0.306 e. The highest BCUT2D eigenvalue weighted by Gasteiger charge is 2.36. The molecule has 1 aliphatic rings. The van der Waals surface area contributed by atoms with Gasteiger partial charge in [0.1, 0.15) is 5.75 Å². The number of nitrogens with zero attached hydrogens (tertiary/aromatic N) is 1. The van der Waals surface area contributed by atoms with E-state index in [2.05, 4.69) is 0 Å². The average molecular weight is 443 g/mol. The minimum absolute atomic E-state index is 0.0351. The maximum absolute atomic E-state index is 12.7. The van der Waals surface area contributed by atoms with Gasteiger partial charge in [0.25, 0.3) is 11.8 Å². The summed E-state index contributed by atoms with van der Waals surface area (Å²) in [6.07, 6.45) is 2.37. The summed E-state index contributed by atoms with van der Waals surface area (Å²) in [5, 5.41) is 19.8. The van der Waals surface area contributed by atoms with Crippen molar-refractivity contribution in [2.24, 2.45) is 5.92 Å². The highest BCUT2D eigenvalue weighted by atomic mass is 16.4. The van der Waals surface area contributed by atoms with Crippen LogP contribution in [0, 0.1) is 5.92 Å². The number of imide groups is 1. The summed E-state index contributed by atoms with van der Waals surface area (Å²) in [4.78, 5) is 37.6. The molecule has 0 saturated heterocycles. The summed E-state index contributed by atoms with van der Waals surface area (Å²) >= 11 is 0. The number of anilines is 1. The summed E-state index contributed by atoms with van der Waals surface area (Å²) in [5.41, 5.74) is 3.85. The monoisotopic (exact) mass is 443 g/mol. The molecule has 6 nitrogen and oxygen atoms in total. The first kappa shape index (κ1) is 22.3. The molecule has 1 heterocycles. The van der Waals surface area contributed by atoms with E-state index in [4.69, 9.17) is 0 Å². The van der Waals surface area contributed by atoms with Crippen LogP contribution in [0.25, 0.3) is 0 Å². The molecule has 0 saturated carbocycles. The molecule has 0 radical (unpaired) electrons. The number of phenols is 1. The highest BCUT2D eigenvalue weighted by Crippen LogP contribution is 2.32. The second-order valence-corrected chi connectivity index (χ2v) is 8.27. The molecule has 2 N–H and O–H groups in total. The molecular formula is C27H25NO5. The fourth-order valence-corrected chi connectivity index (χ4v) is 4.14. The average Bonchev–Trinajstić information content (AvgIpc) is 3.07. The number of benzene rings is 3. The van der Waals surface area contributed by atoms with Crippen molar-refractivity contribution in [3.05, 3.63) is 94.5 Å². The van der Waals surface area contributed by atoms with Gasteiger partial charge >= 0.3 is 5.97 Å². The molecule has 0 aliphatic carbocycles. The topological polar surface area (TPSA) is 94.9 Å².